The van der Waals surface area contributed by atoms with E-state index in [1.807, 2.05) is 0 Å². The molecule has 1 aliphatic rings. The second-order valence-electron chi connectivity index (χ2n) is 3.92. The van der Waals surface area contributed by atoms with Crippen LogP contribution in [-0.2, 0) is 18.3 Å². The highest BCUT2D eigenvalue weighted by Gasteiger charge is 2.21. The Hall–Kier alpha value is -1.01. The van der Waals surface area contributed by atoms with Crippen LogP contribution in [0.25, 0.3) is 0 Å². The van der Waals surface area contributed by atoms with Gasteiger partial charge in [-0.25, -0.2) is 0 Å². The minimum atomic E-state index is 0.335. The van der Waals surface area contributed by atoms with E-state index in [1.165, 1.54) is 11.2 Å². The Labute approximate surface area is 89.0 Å². The molecule has 0 saturated carbocycles. The van der Waals surface area contributed by atoms with Crippen molar-refractivity contribution >= 4 is 0 Å². The Kier molecular flexibility index (Phi) is 3.27. The third-order valence-electron chi connectivity index (χ3n) is 2.65. The van der Waals surface area contributed by atoms with Crippen molar-refractivity contribution in [1.82, 2.24) is 25.5 Å². The first kappa shape index (κ1) is 10.5. The average molecular weight is 211 g/mol. The first-order chi connectivity index (χ1) is 7.25. The highest BCUT2D eigenvalue weighted by atomic mass is 16.5. The number of ether oxygens (including phenoxy) is 1. The van der Waals surface area contributed by atoms with Gasteiger partial charge in [0.1, 0.15) is 0 Å². The molecule has 2 unspecified atom stereocenters. The number of nitrogens with zero attached hydrogens (tertiary/aromatic N) is 4. The zero-order valence-electron chi connectivity index (χ0n) is 9.18. The van der Waals surface area contributed by atoms with E-state index in [2.05, 4.69) is 27.7 Å². The normalized spacial score (nSPS) is 23.2. The lowest BCUT2D eigenvalue weighted by molar-refractivity contribution is 0.0829. The van der Waals surface area contributed by atoms with Gasteiger partial charge in [-0.3, -0.25) is 0 Å². The smallest absolute Gasteiger partial charge is 0.188 e. The van der Waals surface area contributed by atoms with Crippen molar-refractivity contribution in [2.24, 2.45) is 7.05 Å². The maximum Gasteiger partial charge on any atom is 0.188 e. The zero-order chi connectivity index (χ0) is 10.7. The summed E-state index contributed by atoms with van der Waals surface area (Å²) >= 11 is 0. The quantitative estimate of drug-likeness (QED) is 0.751. The summed E-state index contributed by atoms with van der Waals surface area (Å²) in [5.41, 5.74) is 0. The van der Waals surface area contributed by atoms with Gasteiger partial charge in [0.05, 0.1) is 19.7 Å². The molecular formula is C9H17N5O. The van der Waals surface area contributed by atoms with E-state index >= 15 is 0 Å². The fourth-order valence-electron chi connectivity index (χ4n) is 1.77. The molecule has 15 heavy (non-hydrogen) atoms. The Balaban J connectivity index is 1.77. The summed E-state index contributed by atoms with van der Waals surface area (Å²) in [5, 5.41) is 15.1. The van der Waals surface area contributed by atoms with E-state index in [-0.39, 0.29) is 0 Å². The molecule has 2 atom stereocenters. The maximum atomic E-state index is 5.58. The predicted molar refractivity (Wildman–Crippen MR) is 54.1 cm³/mol. The predicted octanol–water partition coefficient (Wildman–Crippen LogP) is -0.133. The van der Waals surface area contributed by atoms with Crippen molar-refractivity contribution in [3.8, 4) is 0 Å². The summed E-state index contributed by atoms with van der Waals surface area (Å²) in [5.74, 6) is 0.724. The second-order valence-corrected chi connectivity index (χ2v) is 3.92. The second kappa shape index (κ2) is 4.67. The molecule has 0 aliphatic carbocycles. The number of tetrazole rings is 1. The summed E-state index contributed by atoms with van der Waals surface area (Å²) in [4.78, 5) is 1.47. The molecule has 0 spiro atoms. The molecule has 0 bridgehead atoms. The van der Waals surface area contributed by atoms with Crippen molar-refractivity contribution in [2.45, 2.75) is 38.5 Å². The highest BCUT2D eigenvalue weighted by Crippen LogP contribution is 2.15. The number of hydrogen-bond acceptors (Lipinski definition) is 5. The third kappa shape index (κ3) is 2.73. The SMILES string of the molecule is CC(NCc1nnn(C)n1)C1CCCO1. The Bertz CT molecular complexity index is 307. The minimum absolute atomic E-state index is 0.335. The van der Waals surface area contributed by atoms with Gasteiger partial charge in [-0.05, 0) is 25.0 Å². The van der Waals surface area contributed by atoms with Crippen molar-refractivity contribution in [1.29, 1.82) is 0 Å². The molecule has 6 heteroatoms. The van der Waals surface area contributed by atoms with Gasteiger partial charge in [0.2, 0.25) is 0 Å². The van der Waals surface area contributed by atoms with Crippen molar-refractivity contribution in [3.05, 3.63) is 5.82 Å². The highest BCUT2D eigenvalue weighted by molar-refractivity contribution is 4.81. The number of nitrogens with one attached hydrogen (secondary N) is 1. The van der Waals surface area contributed by atoms with Crippen LogP contribution in [0, 0.1) is 0 Å². The van der Waals surface area contributed by atoms with Gasteiger partial charge < -0.3 is 10.1 Å². The minimum Gasteiger partial charge on any atom is -0.377 e. The third-order valence-corrected chi connectivity index (χ3v) is 2.65. The van der Waals surface area contributed by atoms with Gasteiger partial charge in [-0.15, -0.1) is 10.2 Å². The van der Waals surface area contributed by atoms with Crippen LogP contribution in [-0.4, -0.2) is 39.0 Å². The van der Waals surface area contributed by atoms with Gasteiger partial charge in [0.15, 0.2) is 5.82 Å². The van der Waals surface area contributed by atoms with Crippen LogP contribution < -0.4 is 5.32 Å². The van der Waals surface area contributed by atoms with Crippen LogP contribution >= 0.6 is 0 Å². The maximum absolute atomic E-state index is 5.58. The standard InChI is InChI=1S/C9H17N5O/c1-7(8-4-3-5-15-8)10-6-9-11-13-14(2)12-9/h7-8,10H,3-6H2,1-2H3. The van der Waals surface area contributed by atoms with Gasteiger partial charge >= 0.3 is 0 Å². The first-order valence-electron chi connectivity index (χ1n) is 5.33. The molecule has 2 rings (SSSR count). The van der Waals surface area contributed by atoms with Crippen LogP contribution in [0.5, 0.6) is 0 Å². The van der Waals surface area contributed by atoms with E-state index in [4.69, 9.17) is 4.74 Å². The van der Waals surface area contributed by atoms with Crippen LogP contribution in [0.2, 0.25) is 0 Å². The molecule has 1 N–H and O–H groups in total. The topological polar surface area (TPSA) is 64.9 Å². The number of hydrogen-bond donors (Lipinski definition) is 1. The van der Waals surface area contributed by atoms with E-state index in [0.717, 1.165) is 18.9 Å². The fraction of sp³-hybridized carbons (Fsp3) is 0.889. The van der Waals surface area contributed by atoms with E-state index < -0.39 is 0 Å². The molecule has 1 aromatic rings. The molecule has 1 aliphatic heterocycles. The van der Waals surface area contributed by atoms with E-state index in [9.17, 15) is 0 Å². The van der Waals surface area contributed by atoms with Crippen molar-refractivity contribution in [3.63, 3.8) is 0 Å². The van der Waals surface area contributed by atoms with Crippen LogP contribution in [0.1, 0.15) is 25.6 Å². The van der Waals surface area contributed by atoms with E-state index in [0.29, 0.717) is 18.7 Å². The Morgan fingerprint density at radius 1 is 1.67 bits per heavy atom. The lowest BCUT2D eigenvalue weighted by atomic mass is 10.1. The summed E-state index contributed by atoms with van der Waals surface area (Å²) in [6.45, 7) is 3.67. The van der Waals surface area contributed by atoms with E-state index in [1.54, 1.807) is 7.05 Å². The largest absolute Gasteiger partial charge is 0.377 e. The molecular weight excluding hydrogens is 194 g/mol. The van der Waals surface area contributed by atoms with Gasteiger partial charge in [-0.2, -0.15) is 4.80 Å². The van der Waals surface area contributed by atoms with Crippen LogP contribution in [0.3, 0.4) is 0 Å². The van der Waals surface area contributed by atoms with Gasteiger partial charge in [0, 0.05) is 12.6 Å². The number of rotatable bonds is 4. The van der Waals surface area contributed by atoms with Gasteiger partial charge in [-0.1, -0.05) is 0 Å². The first-order valence-corrected chi connectivity index (χ1v) is 5.33. The van der Waals surface area contributed by atoms with Crippen molar-refractivity contribution in [2.75, 3.05) is 6.61 Å². The van der Waals surface area contributed by atoms with Crippen LogP contribution in [0.4, 0.5) is 0 Å². The molecule has 84 valence electrons. The number of aromatic nitrogens is 4. The summed E-state index contributed by atoms with van der Waals surface area (Å²) < 4.78 is 5.58. The molecule has 0 radical (unpaired) electrons. The number of aryl methyl sites for hydroxylation is 1. The summed E-state index contributed by atoms with van der Waals surface area (Å²) in [7, 11) is 1.76. The fourth-order valence-corrected chi connectivity index (χ4v) is 1.77. The monoisotopic (exact) mass is 211 g/mol. The zero-order valence-corrected chi connectivity index (χ0v) is 9.18. The molecule has 1 saturated heterocycles. The molecule has 0 aromatic carbocycles. The summed E-state index contributed by atoms with van der Waals surface area (Å²) in [6.07, 6.45) is 2.64. The van der Waals surface area contributed by atoms with Crippen molar-refractivity contribution < 1.29 is 4.74 Å². The lowest BCUT2D eigenvalue weighted by Gasteiger charge is -2.18. The van der Waals surface area contributed by atoms with Gasteiger partial charge in [0.25, 0.3) is 0 Å². The molecule has 2 heterocycles. The molecule has 6 nitrogen and oxygen atoms in total. The summed E-state index contributed by atoms with van der Waals surface area (Å²) in [6, 6.07) is 0.344. The Morgan fingerprint density at radius 3 is 3.13 bits per heavy atom. The van der Waals surface area contributed by atoms with Crippen LogP contribution in [0.15, 0.2) is 0 Å². The lowest BCUT2D eigenvalue weighted by Crippen LogP contribution is -2.36. The molecule has 0 amide bonds. The molecule has 1 aromatic heterocycles. The molecule has 1 fully saturated rings. The Morgan fingerprint density at radius 2 is 2.53 bits per heavy atom. The average Bonchev–Trinajstić information content (AvgIpc) is 2.84.